The molecule has 0 saturated carbocycles. The zero-order valence-corrected chi connectivity index (χ0v) is 19.3. The summed E-state index contributed by atoms with van der Waals surface area (Å²) < 4.78 is 0. The van der Waals surface area contributed by atoms with E-state index in [4.69, 9.17) is 10.9 Å². The van der Waals surface area contributed by atoms with E-state index in [9.17, 15) is 14.4 Å². The van der Waals surface area contributed by atoms with Crippen molar-refractivity contribution in [3.63, 3.8) is 0 Å². The van der Waals surface area contributed by atoms with Crippen LogP contribution < -0.4 is 32.5 Å². The molecule has 3 rings (SSSR count). The van der Waals surface area contributed by atoms with Crippen molar-refractivity contribution in [3.8, 4) is 11.8 Å². The van der Waals surface area contributed by atoms with E-state index in [0.29, 0.717) is 22.9 Å². The molecule has 1 saturated heterocycles. The molecule has 8 N–H and O–H groups in total. The highest BCUT2D eigenvalue weighted by Crippen LogP contribution is 2.10. The molecule has 0 aliphatic carbocycles. The van der Waals surface area contributed by atoms with E-state index in [1.165, 1.54) is 5.48 Å². The van der Waals surface area contributed by atoms with Gasteiger partial charge in [-0.15, -0.1) is 0 Å². The van der Waals surface area contributed by atoms with E-state index in [1.807, 2.05) is 12.1 Å². The fourth-order valence-electron chi connectivity index (χ4n) is 3.51. The van der Waals surface area contributed by atoms with Gasteiger partial charge in [0.2, 0.25) is 5.91 Å². The van der Waals surface area contributed by atoms with Crippen LogP contribution in [0.4, 0.5) is 5.69 Å². The number of piperidine rings is 1. The summed E-state index contributed by atoms with van der Waals surface area (Å²) in [5.41, 5.74) is 9.41. The molecular weight excluding hydrogens is 448 g/mol. The number of hydrogen-bond donors (Lipinski definition) is 7. The number of amides is 3. The fourth-order valence-corrected chi connectivity index (χ4v) is 3.51. The lowest BCUT2D eigenvalue weighted by molar-refractivity contribution is -0.130. The van der Waals surface area contributed by atoms with Gasteiger partial charge in [-0.3, -0.25) is 19.6 Å². The Morgan fingerprint density at radius 2 is 1.71 bits per heavy atom. The first-order valence-electron chi connectivity index (χ1n) is 11.4. The topological polar surface area (TPSA) is 158 Å². The maximum atomic E-state index is 12.3. The lowest BCUT2D eigenvalue weighted by Gasteiger charge is -2.23. The Labute approximate surface area is 204 Å². The van der Waals surface area contributed by atoms with Crippen molar-refractivity contribution in [2.45, 2.75) is 24.9 Å². The van der Waals surface area contributed by atoms with Crippen molar-refractivity contribution in [2.75, 3.05) is 31.5 Å². The quantitative estimate of drug-likeness (QED) is 0.159. The zero-order valence-electron chi connectivity index (χ0n) is 19.3. The van der Waals surface area contributed by atoms with Gasteiger partial charge in [0.25, 0.3) is 11.8 Å². The van der Waals surface area contributed by atoms with Crippen LogP contribution in [0.5, 0.6) is 0 Å². The maximum Gasteiger partial charge on any atom is 0.267 e. The molecule has 10 nitrogen and oxygen atoms in total. The van der Waals surface area contributed by atoms with Gasteiger partial charge >= 0.3 is 0 Å². The summed E-state index contributed by atoms with van der Waals surface area (Å²) in [5, 5.41) is 20.6. The first-order valence-corrected chi connectivity index (χ1v) is 11.4. The van der Waals surface area contributed by atoms with Gasteiger partial charge in [0.1, 0.15) is 6.04 Å². The Morgan fingerprint density at radius 3 is 2.29 bits per heavy atom. The maximum absolute atomic E-state index is 12.3. The fraction of sp³-hybridized carbons (Fsp3) is 0.320. The summed E-state index contributed by atoms with van der Waals surface area (Å²) in [4.78, 5) is 35.9. The monoisotopic (exact) mass is 478 g/mol. The number of carbonyl (C=O) groups is 3. The first kappa shape index (κ1) is 25.9. The van der Waals surface area contributed by atoms with Crippen molar-refractivity contribution in [1.29, 1.82) is 0 Å². The number of hydroxylamine groups is 1. The molecule has 0 bridgehead atoms. The summed E-state index contributed by atoms with van der Waals surface area (Å²) in [7, 11) is 0. The SMILES string of the molecule is NC[C@H](NC(=O)c1ccc(C#Cc2ccc(NC(=O)CNC3CCCNC3)cc2)cc1)C(=O)NO. The number of hydrogen-bond acceptors (Lipinski definition) is 7. The van der Waals surface area contributed by atoms with E-state index in [-0.39, 0.29) is 19.0 Å². The third-order valence-corrected chi connectivity index (χ3v) is 5.48. The number of rotatable bonds is 8. The minimum atomic E-state index is -1.04. The van der Waals surface area contributed by atoms with Gasteiger partial charge in [0, 0.05) is 41.5 Å². The molecule has 0 aromatic heterocycles. The zero-order chi connectivity index (χ0) is 25.0. The molecule has 1 unspecified atom stereocenters. The van der Waals surface area contributed by atoms with Crippen LogP contribution in [0.2, 0.25) is 0 Å². The molecule has 10 heteroatoms. The highest BCUT2D eigenvalue weighted by Gasteiger charge is 2.19. The molecule has 3 amide bonds. The summed E-state index contributed by atoms with van der Waals surface area (Å²) in [5.74, 6) is 4.69. The molecule has 1 heterocycles. The van der Waals surface area contributed by atoms with Crippen molar-refractivity contribution in [2.24, 2.45) is 5.73 Å². The Bertz CT molecular complexity index is 1070. The molecule has 35 heavy (non-hydrogen) atoms. The number of anilines is 1. The molecule has 1 aliphatic heterocycles. The summed E-state index contributed by atoms with van der Waals surface area (Å²) in [6.07, 6.45) is 2.18. The summed E-state index contributed by atoms with van der Waals surface area (Å²) in [6, 6.07) is 13.1. The van der Waals surface area contributed by atoms with Crippen LogP contribution in [0, 0.1) is 11.8 Å². The minimum absolute atomic E-state index is 0.0895. The van der Waals surface area contributed by atoms with Gasteiger partial charge < -0.3 is 27.0 Å². The Hall–Kier alpha value is -3.75. The molecule has 2 atom stereocenters. The van der Waals surface area contributed by atoms with Crippen LogP contribution >= 0.6 is 0 Å². The molecule has 184 valence electrons. The Kier molecular flexibility index (Phi) is 9.77. The van der Waals surface area contributed by atoms with Crippen LogP contribution in [0.3, 0.4) is 0 Å². The Morgan fingerprint density at radius 1 is 1.06 bits per heavy atom. The molecule has 2 aromatic rings. The van der Waals surface area contributed by atoms with E-state index in [2.05, 4.69) is 33.1 Å². The highest BCUT2D eigenvalue weighted by molar-refractivity contribution is 5.97. The highest BCUT2D eigenvalue weighted by atomic mass is 16.5. The lowest BCUT2D eigenvalue weighted by Crippen LogP contribution is -2.50. The standard InChI is InChI=1S/C25H30N6O4/c26-14-22(25(34)31-35)30-24(33)19-9-5-17(6-10-19)3-4-18-7-11-20(12-8-18)29-23(32)16-28-21-2-1-13-27-15-21/h5-12,21-22,27-28,35H,1-2,13-16,26H2,(H,29,32)(H,30,33)(H,31,34)/t21?,22-/m0/s1. The number of nitrogens with one attached hydrogen (secondary N) is 5. The third kappa shape index (κ3) is 8.20. The predicted octanol–water partition coefficient (Wildman–Crippen LogP) is -0.0710. The number of benzene rings is 2. The normalized spacial score (nSPS) is 15.8. The second-order valence-electron chi connectivity index (χ2n) is 8.11. The number of carbonyl (C=O) groups excluding carboxylic acids is 3. The van der Waals surface area contributed by atoms with Gasteiger partial charge in [-0.25, -0.2) is 5.48 Å². The average Bonchev–Trinajstić information content (AvgIpc) is 2.90. The van der Waals surface area contributed by atoms with E-state index < -0.39 is 17.9 Å². The Balaban J connectivity index is 1.50. The van der Waals surface area contributed by atoms with Gasteiger partial charge in [-0.1, -0.05) is 11.8 Å². The van der Waals surface area contributed by atoms with E-state index in [1.54, 1.807) is 36.4 Å². The lowest BCUT2D eigenvalue weighted by atomic mass is 10.1. The second-order valence-corrected chi connectivity index (χ2v) is 8.11. The van der Waals surface area contributed by atoms with Crippen LogP contribution in [0.15, 0.2) is 48.5 Å². The molecule has 2 aromatic carbocycles. The van der Waals surface area contributed by atoms with Crippen molar-refractivity contribution < 1.29 is 19.6 Å². The van der Waals surface area contributed by atoms with Gasteiger partial charge in [-0.05, 0) is 67.9 Å². The van der Waals surface area contributed by atoms with Gasteiger partial charge in [0.15, 0.2) is 0 Å². The van der Waals surface area contributed by atoms with Gasteiger partial charge in [0.05, 0.1) is 6.54 Å². The molecule has 1 aliphatic rings. The van der Waals surface area contributed by atoms with Crippen molar-refractivity contribution in [3.05, 3.63) is 65.2 Å². The van der Waals surface area contributed by atoms with Crippen molar-refractivity contribution >= 4 is 23.4 Å². The second kappa shape index (κ2) is 13.2. The molecule has 0 spiro atoms. The largest absolute Gasteiger partial charge is 0.339 e. The average molecular weight is 479 g/mol. The summed E-state index contributed by atoms with van der Waals surface area (Å²) >= 11 is 0. The van der Waals surface area contributed by atoms with Crippen molar-refractivity contribution in [1.82, 2.24) is 21.4 Å². The third-order valence-electron chi connectivity index (χ3n) is 5.48. The van der Waals surface area contributed by atoms with Gasteiger partial charge in [-0.2, -0.15) is 0 Å². The predicted molar refractivity (Wildman–Crippen MR) is 132 cm³/mol. The molecule has 0 radical (unpaired) electrons. The smallest absolute Gasteiger partial charge is 0.267 e. The molecular formula is C25H30N6O4. The van der Waals surface area contributed by atoms with E-state index in [0.717, 1.165) is 31.5 Å². The van der Waals surface area contributed by atoms with E-state index >= 15 is 0 Å². The summed E-state index contributed by atoms with van der Waals surface area (Å²) in [6.45, 7) is 2.03. The van der Waals surface area contributed by atoms with Crippen LogP contribution in [-0.2, 0) is 9.59 Å². The van der Waals surface area contributed by atoms with Crippen LogP contribution in [-0.4, -0.2) is 61.2 Å². The minimum Gasteiger partial charge on any atom is -0.339 e. The first-order chi connectivity index (χ1) is 17.0. The molecule has 1 fully saturated rings. The number of nitrogens with two attached hydrogens (primary N) is 1. The van der Waals surface area contributed by atoms with Crippen LogP contribution in [0.25, 0.3) is 0 Å². The van der Waals surface area contributed by atoms with Crippen LogP contribution in [0.1, 0.15) is 34.3 Å².